The van der Waals surface area contributed by atoms with Crippen LogP contribution >= 0.6 is 11.8 Å². The summed E-state index contributed by atoms with van der Waals surface area (Å²) < 4.78 is 5.35. The Bertz CT molecular complexity index is 471. The van der Waals surface area contributed by atoms with E-state index in [0.717, 1.165) is 6.42 Å². The fraction of sp³-hybridized carbons (Fsp3) is 0.500. The minimum absolute atomic E-state index is 0.127. The molecule has 5 heteroatoms. The summed E-state index contributed by atoms with van der Waals surface area (Å²) >= 11 is 1.92. The molecule has 0 radical (unpaired) electrons. The van der Waals surface area contributed by atoms with E-state index in [1.165, 1.54) is 12.2 Å². The van der Waals surface area contributed by atoms with Gasteiger partial charge in [-0.3, -0.25) is 4.79 Å². The Morgan fingerprint density at radius 2 is 2.37 bits per heavy atom. The first-order valence-corrected chi connectivity index (χ1v) is 7.38. The van der Waals surface area contributed by atoms with Crippen LogP contribution in [0.3, 0.4) is 0 Å². The molecule has 0 bridgehead atoms. The fourth-order valence-electron chi connectivity index (χ4n) is 2.24. The molecule has 19 heavy (non-hydrogen) atoms. The van der Waals surface area contributed by atoms with E-state index in [4.69, 9.17) is 10.5 Å². The smallest absolute Gasteiger partial charge is 0.255 e. The van der Waals surface area contributed by atoms with Gasteiger partial charge in [-0.05, 0) is 43.7 Å². The van der Waals surface area contributed by atoms with Crippen LogP contribution in [0.25, 0.3) is 0 Å². The van der Waals surface area contributed by atoms with Gasteiger partial charge in [-0.2, -0.15) is 11.8 Å². The Hall–Kier alpha value is -1.36. The van der Waals surface area contributed by atoms with Crippen molar-refractivity contribution in [1.82, 2.24) is 5.32 Å². The molecule has 104 valence electrons. The average molecular weight is 280 g/mol. The first-order chi connectivity index (χ1) is 9.04. The highest BCUT2D eigenvalue weighted by Gasteiger charge is 2.30. The predicted molar refractivity (Wildman–Crippen MR) is 79.8 cm³/mol. The van der Waals surface area contributed by atoms with Gasteiger partial charge in [0.15, 0.2) is 0 Å². The Morgan fingerprint density at radius 1 is 1.58 bits per heavy atom. The molecule has 1 unspecified atom stereocenters. The Balaban J connectivity index is 2.05. The van der Waals surface area contributed by atoms with E-state index in [1.54, 1.807) is 25.3 Å². The second-order valence-corrected chi connectivity index (χ2v) is 6.73. The van der Waals surface area contributed by atoms with Crippen molar-refractivity contribution >= 4 is 23.4 Å². The summed E-state index contributed by atoms with van der Waals surface area (Å²) in [6.45, 7) is 2.87. The molecular weight excluding hydrogens is 260 g/mol. The summed E-state index contributed by atoms with van der Waals surface area (Å²) in [6, 6.07) is 5.10. The molecule has 1 aromatic rings. The quantitative estimate of drug-likeness (QED) is 0.831. The zero-order valence-corrected chi connectivity index (χ0v) is 12.2. The Morgan fingerprint density at radius 3 is 3.00 bits per heavy atom. The van der Waals surface area contributed by atoms with E-state index < -0.39 is 0 Å². The highest BCUT2D eigenvalue weighted by molar-refractivity contribution is 8.00. The van der Waals surface area contributed by atoms with Gasteiger partial charge in [0.1, 0.15) is 5.75 Å². The molecule has 1 aliphatic heterocycles. The van der Waals surface area contributed by atoms with Crippen LogP contribution in [-0.2, 0) is 0 Å². The molecule has 1 aromatic carbocycles. The average Bonchev–Trinajstić information content (AvgIpc) is 2.83. The van der Waals surface area contributed by atoms with Crippen molar-refractivity contribution in [3.8, 4) is 5.75 Å². The number of hydrogen-bond donors (Lipinski definition) is 2. The maximum atomic E-state index is 12.2. The molecule has 0 aliphatic carbocycles. The topological polar surface area (TPSA) is 64.3 Å². The maximum absolute atomic E-state index is 12.2. The second kappa shape index (κ2) is 5.74. The number of benzene rings is 1. The van der Waals surface area contributed by atoms with Gasteiger partial charge in [0.05, 0.1) is 12.7 Å². The van der Waals surface area contributed by atoms with Crippen LogP contribution in [0.4, 0.5) is 5.69 Å². The van der Waals surface area contributed by atoms with Crippen molar-refractivity contribution in [3.05, 3.63) is 23.8 Å². The third-order valence-corrected chi connectivity index (χ3v) is 4.93. The lowest BCUT2D eigenvalue weighted by atomic mass is 10.1. The van der Waals surface area contributed by atoms with E-state index >= 15 is 0 Å². The number of amides is 1. The Kier molecular flexibility index (Phi) is 4.24. The third kappa shape index (κ3) is 3.35. The van der Waals surface area contributed by atoms with Crippen molar-refractivity contribution in [2.75, 3.05) is 25.1 Å². The highest BCUT2D eigenvalue weighted by Crippen LogP contribution is 2.37. The SMILES string of the molecule is COc1ccc(N)cc1C(=O)NCC1(C)CCCS1. The molecule has 4 nitrogen and oxygen atoms in total. The molecule has 1 fully saturated rings. The lowest BCUT2D eigenvalue weighted by molar-refractivity contribution is 0.0947. The van der Waals surface area contributed by atoms with Crippen LogP contribution < -0.4 is 15.8 Å². The monoisotopic (exact) mass is 280 g/mol. The zero-order valence-electron chi connectivity index (χ0n) is 11.4. The summed E-state index contributed by atoms with van der Waals surface area (Å²) in [4.78, 5) is 12.2. The van der Waals surface area contributed by atoms with Crippen molar-refractivity contribution in [1.29, 1.82) is 0 Å². The first kappa shape index (κ1) is 14.1. The van der Waals surface area contributed by atoms with Gasteiger partial charge >= 0.3 is 0 Å². The Labute approximate surface area is 118 Å². The number of carbonyl (C=O) groups is 1. The minimum Gasteiger partial charge on any atom is -0.496 e. The van der Waals surface area contributed by atoms with E-state index in [9.17, 15) is 4.79 Å². The number of ether oxygens (including phenoxy) is 1. The van der Waals surface area contributed by atoms with Crippen LogP contribution in [-0.4, -0.2) is 30.1 Å². The van der Waals surface area contributed by atoms with Gasteiger partial charge in [-0.25, -0.2) is 0 Å². The van der Waals surface area contributed by atoms with Crippen LogP contribution in [0.15, 0.2) is 18.2 Å². The number of nitrogens with one attached hydrogen (secondary N) is 1. The molecular formula is C14H20N2O2S. The summed E-state index contributed by atoms with van der Waals surface area (Å²) in [6.07, 6.45) is 2.37. The van der Waals surface area contributed by atoms with Crippen LogP contribution in [0.1, 0.15) is 30.1 Å². The lowest BCUT2D eigenvalue weighted by Crippen LogP contribution is -2.36. The highest BCUT2D eigenvalue weighted by atomic mass is 32.2. The number of anilines is 1. The molecule has 3 N–H and O–H groups in total. The number of carbonyl (C=O) groups excluding carboxylic acids is 1. The molecule has 2 rings (SSSR count). The second-order valence-electron chi connectivity index (χ2n) is 5.04. The van der Waals surface area contributed by atoms with Gasteiger partial charge in [0.25, 0.3) is 5.91 Å². The largest absolute Gasteiger partial charge is 0.496 e. The van der Waals surface area contributed by atoms with E-state index in [1.807, 2.05) is 11.8 Å². The number of thioether (sulfide) groups is 1. The fourth-order valence-corrected chi connectivity index (χ4v) is 3.49. The van der Waals surface area contributed by atoms with Crippen LogP contribution in [0.2, 0.25) is 0 Å². The first-order valence-electron chi connectivity index (χ1n) is 6.40. The molecule has 1 atom stereocenters. The molecule has 0 spiro atoms. The third-order valence-electron chi connectivity index (χ3n) is 3.39. The predicted octanol–water partition coefficient (Wildman–Crippen LogP) is 2.29. The molecule has 1 aliphatic rings. The number of nitrogen functional groups attached to an aromatic ring is 1. The number of nitrogens with two attached hydrogens (primary N) is 1. The van der Waals surface area contributed by atoms with Crippen molar-refractivity contribution in [2.24, 2.45) is 0 Å². The summed E-state index contributed by atoms with van der Waals surface area (Å²) in [5.41, 5.74) is 6.78. The van der Waals surface area contributed by atoms with E-state index in [-0.39, 0.29) is 10.7 Å². The van der Waals surface area contributed by atoms with Crippen molar-refractivity contribution in [2.45, 2.75) is 24.5 Å². The van der Waals surface area contributed by atoms with Gasteiger partial charge in [-0.1, -0.05) is 0 Å². The van der Waals surface area contributed by atoms with Gasteiger partial charge < -0.3 is 15.8 Å². The normalized spacial score (nSPS) is 22.2. The maximum Gasteiger partial charge on any atom is 0.255 e. The van der Waals surface area contributed by atoms with Gasteiger partial charge in [0.2, 0.25) is 0 Å². The number of hydrogen-bond acceptors (Lipinski definition) is 4. The minimum atomic E-state index is -0.127. The molecule has 0 saturated carbocycles. The number of methoxy groups -OCH3 is 1. The molecule has 0 aromatic heterocycles. The molecule has 1 amide bonds. The number of rotatable bonds is 4. The van der Waals surface area contributed by atoms with Crippen molar-refractivity contribution in [3.63, 3.8) is 0 Å². The van der Waals surface area contributed by atoms with Gasteiger partial charge in [0, 0.05) is 17.0 Å². The molecule has 1 saturated heterocycles. The lowest BCUT2D eigenvalue weighted by Gasteiger charge is -2.23. The summed E-state index contributed by atoms with van der Waals surface area (Å²) in [5.74, 6) is 1.60. The van der Waals surface area contributed by atoms with E-state index in [2.05, 4.69) is 12.2 Å². The van der Waals surface area contributed by atoms with Crippen LogP contribution in [0.5, 0.6) is 5.75 Å². The van der Waals surface area contributed by atoms with Crippen molar-refractivity contribution < 1.29 is 9.53 Å². The zero-order chi connectivity index (χ0) is 13.9. The van der Waals surface area contributed by atoms with Gasteiger partial charge in [-0.15, -0.1) is 0 Å². The standard InChI is InChI=1S/C14H20N2O2S/c1-14(6-3-7-19-14)9-16-13(17)11-8-10(15)4-5-12(11)18-2/h4-5,8H,3,6-7,9,15H2,1-2H3,(H,16,17). The van der Waals surface area contributed by atoms with Crippen LogP contribution in [0, 0.1) is 0 Å². The molecule has 1 heterocycles. The van der Waals surface area contributed by atoms with E-state index in [0.29, 0.717) is 23.5 Å². The summed E-state index contributed by atoms with van der Waals surface area (Å²) in [7, 11) is 1.55. The summed E-state index contributed by atoms with van der Waals surface area (Å²) in [5, 5.41) is 2.99.